The van der Waals surface area contributed by atoms with E-state index < -0.39 is 0 Å². The van der Waals surface area contributed by atoms with Crippen molar-refractivity contribution in [1.29, 1.82) is 0 Å². The summed E-state index contributed by atoms with van der Waals surface area (Å²) in [5, 5.41) is 10.4. The monoisotopic (exact) mass is 354 g/mol. The van der Waals surface area contributed by atoms with Gasteiger partial charge in [0.05, 0.1) is 6.54 Å². The topological polar surface area (TPSA) is 87.8 Å². The molecule has 1 aromatic rings. The van der Waals surface area contributed by atoms with Crippen LogP contribution in [0.3, 0.4) is 0 Å². The van der Waals surface area contributed by atoms with Crippen LogP contribution in [0.2, 0.25) is 0 Å². The minimum Gasteiger partial charge on any atom is -0.371 e. The largest absolute Gasteiger partial charge is 0.371 e. The van der Waals surface area contributed by atoms with Gasteiger partial charge in [-0.05, 0) is 41.5 Å². The van der Waals surface area contributed by atoms with Crippen LogP contribution in [0.4, 0.5) is 0 Å². The second-order valence-electron chi connectivity index (χ2n) is 6.42. The van der Waals surface area contributed by atoms with Gasteiger partial charge in [-0.3, -0.25) is 9.89 Å². The summed E-state index contributed by atoms with van der Waals surface area (Å²) in [6, 6.07) is 1.03. The summed E-state index contributed by atoms with van der Waals surface area (Å²) < 4.78 is 10.7. The van der Waals surface area contributed by atoms with E-state index in [1.807, 2.05) is 13.8 Å². The van der Waals surface area contributed by atoms with E-state index in [1.165, 1.54) is 0 Å². The Morgan fingerprint density at radius 1 is 1.20 bits per heavy atom. The molecule has 1 rings (SSSR count). The van der Waals surface area contributed by atoms with Crippen LogP contribution >= 0.6 is 0 Å². The molecule has 25 heavy (non-hydrogen) atoms. The summed E-state index contributed by atoms with van der Waals surface area (Å²) in [6.45, 7) is 15.5. The molecule has 0 saturated heterocycles. The Kier molecular flexibility index (Phi) is 9.44. The SMILES string of the molecule is CCOC(C)c1noc(CNC(=NC)NCCN(C(C)C)C(C)C)n1. The molecule has 0 aliphatic rings. The molecule has 0 spiro atoms. The lowest BCUT2D eigenvalue weighted by molar-refractivity contribution is 0.0683. The smallest absolute Gasteiger partial charge is 0.246 e. The third kappa shape index (κ3) is 7.39. The Hall–Kier alpha value is -1.67. The Labute approximate surface area is 151 Å². The lowest BCUT2D eigenvalue weighted by atomic mass is 10.2. The minimum absolute atomic E-state index is 0.169. The van der Waals surface area contributed by atoms with Gasteiger partial charge in [0.15, 0.2) is 11.8 Å². The molecule has 2 N–H and O–H groups in total. The molecule has 1 heterocycles. The van der Waals surface area contributed by atoms with E-state index in [2.05, 4.69) is 58.4 Å². The number of aromatic nitrogens is 2. The molecule has 8 heteroatoms. The average molecular weight is 354 g/mol. The summed E-state index contributed by atoms with van der Waals surface area (Å²) in [6.07, 6.45) is -0.169. The van der Waals surface area contributed by atoms with Crippen LogP contribution in [0.15, 0.2) is 9.52 Å². The van der Waals surface area contributed by atoms with E-state index in [1.54, 1.807) is 7.05 Å². The lowest BCUT2D eigenvalue weighted by Gasteiger charge is -2.30. The summed E-state index contributed by atoms with van der Waals surface area (Å²) in [7, 11) is 1.74. The van der Waals surface area contributed by atoms with Crippen LogP contribution in [-0.4, -0.2) is 59.8 Å². The van der Waals surface area contributed by atoms with E-state index >= 15 is 0 Å². The highest BCUT2D eigenvalue weighted by Crippen LogP contribution is 2.12. The van der Waals surface area contributed by atoms with Gasteiger partial charge in [-0.25, -0.2) is 0 Å². The van der Waals surface area contributed by atoms with Gasteiger partial charge in [-0.15, -0.1) is 0 Å². The zero-order chi connectivity index (χ0) is 18.8. The molecule has 1 unspecified atom stereocenters. The first-order chi connectivity index (χ1) is 11.9. The summed E-state index contributed by atoms with van der Waals surface area (Å²) in [4.78, 5) is 11.0. The zero-order valence-corrected chi connectivity index (χ0v) is 16.7. The number of ether oxygens (including phenoxy) is 1. The van der Waals surface area contributed by atoms with Gasteiger partial charge in [0, 0.05) is 38.8 Å². The van der Waals surface area contributed by atoms with Gasteiger partial charge in [0.1, 0.15) is 6.10 Å². The number of guanidine groups is 1. The third-order valence-corrected chi connectivity index (χ3v) is 3.88. The first-order valence-electron chi connectivity index (χ1n) is 9.03. The molecule has 0 fully saturated rings. The van der Waals surface area contributed by atoms with Crippen LogP contribution in [0.25, 0.3) is 0 Å². The Morgan fingerprint density at radius 2 is 1.88 bits per heavy atom. The van der Waals surface area contributed by atoms with Crippen LogP contribution in [0, 0.1) is 0 Å². The first kappa shape index (κ1) is 21.4. The molecule has 8 nitrogen and oxygen atoms in total. The highest BCUT2D eigenvalue weighted by molar-refractivity contribution is 5.79. The van der Waals surface area contributed by atoms with Crippen molar-refractivity contribution in [3.05, 3.63) is 11.7 Å². The molecule has 144 valence electrons. The normalized spacial score (nSPS) is 13.8. The molecular formula is C17H34N6O2. The second-order valence-corrected chi connectivity index (χ2v) is 6.42. The van der Waals surface area contributed by atoms with Crippen molar-refractivity contribution in [1.82, 2.24) is 25.7 Å². The van der Waals surface area contributed by atoms with Crippen molar-refractivity contribution in [2.24, 2.45) is 4.99 Å². The van der Waals surface area contributed by atoms with E-state index in [4.69, 9.17) is 9.26 Å². The average Bonchev–Trinajstić information content (AvgIpc) is 3.02. The fourth-order valence-corrected chi connectivity index (χ4v) is 2.63. The predicted molar refractivity (Wildman–Crippen MR) is 99.5 cm³/mol. The van der Waals surface area contributed by atoms with Gasteiger partial charge in [-0.2, -0.15) is 4.98 Å². The van der Waals surface area contributed by atoms with E-state index in [9.17, 15) is 0 Å². The minimum atomic E-state index is -0.169. The molecule has 0 aromatic carbocycles. The predicted octanol–water partition coefficient (Wildman–Crippen LogP) is 1.95. The van der Waals surface area contributed by atoms with Gasteiger partial charge in [-0.1, -0.05) is 5.16 Å². The highest BCUT2D eigenvalue weighted by Gasteiger charge is 2.15. The molecule has 0 radical (unpaired) electrons. The maximum absolute atomic E-state index is 5.46. The quantitative estimate of drug-likeness (QED) is 0.490. The van der Waals surface area contributed by atoms with Gasteiger partial charge >= 0.3 is 0 Å². The maximum Gasteiger partial charge on any atom is 0.246 e. The Balaban J connectivity index is 2.42. The van der Waals surface area contributed by atoms with Crippen molar-refractivity contribution in [3.8, 4) is 0 Å². The highest BCUT2D eigenvalue weighted by atomic mass is 16.5. The fourth-order valence-electron chi connectivity index (χ4n) is 2.63. The van der Waals surface area contributed by atoms with E-state index in [-0.39, 0.29) is 6.10 Å². The molecule has 1 atom stereocenters. The second kappa shape index (κ2) is 11.0. The van der Waals surface area contributed by atoms with E-state index in [0.717, 1.165) is 13.1 Å². The number of aliphatic imine (C=N–C) groups is 1. The lowest BCUT2D eigenvalue weighted by Crippen LogP contribution is -2.45. The van der Waals surface area contributed by atoms with Crippen molar-refractivity contribution in [2.45, 2.75) is 66.3 Å². The van der Waals surface area contributed by atoms with Crippen LogP contribution in [-0.2, 0) is 11.3 Å². The molecule has 0 bridgehead atoms. The van der Waals surface area contributed by atoms with Crippen LogP contribution < -0.4 is 10.6 Å². The van der Waals surface area contributed by atoms with Crippen LogP contribution in [0.5, 0.6) is 0 Å². The molecule has 0 amide bonds. The number of nitrogens with one attached hydrogen (secondary N) is 2. The van der Waals surface area contributed by atoms with Crippen LogP contribution in [0.1, 0.15) is 59.4 Å². The number of nitrogens with zero attached hydrogens (tertiary/aromatic N) is 4. The Bertz CT molecular complexity index is 507. The first-order valence-corrected chi connectivity index (χ1v) is 9.03. The Morgan fingerprint density at radius 3 is 2.44 bits per heavy atom. The van der Waals surface area contributed by atoms with Crippen molar-refractivity contribution in [3.63, 3.8) is 0 Å². The molecule has 0 aliphatic carbocycles. The summed E-state index contributed by atoms with van der Waals surface area (Å²) in [5.41, 5.74) is 0. The maximum atomic E-state index is 5.46. The number of hydrogen-bond donors (Lipinski definition) is 2. The van der Waals surface area contributed by atoms with Gasteiger partial charge in [0.25, 0.3) is 0 Å². The molecule has 0 aliphatic heterocycles. The third-order valence-electron chi connectivity index (χ3n) is 3.88. The van der Waals surface area contributed by atoms with Gasteiger partial charge in [0.2, 0.25) is 5.89 Å². The van der Waals surface area contributed by atoms with Gasteiger partial charge < -0.3 is 19.9 Å². The summed E-state index contributed by atoms with van der Waals surface area (Å²) in [5.74, 6) is 1.78. The molecular weight excluding hydrogens is 320 g/mol. The van der Waals surface area contributed by atoms with Crippen molar-refractivity contribution >= 4 is 5.96 Å². The number of hydrogen-bond acceptors (Lipinski definition) is 6. The van der Waals surface area contributed by atoms with Crippen molar-refractivity contribution in [2.75, 3.05) is 26.7 Å². The summed E-state index contributed by atoms with van der Waals surface area (Å²) >= 11 is 0. The molecule has 0 saturated carbocycles. The standard InChI is InChI=1S/C17H34N6O2/c1-8-24-14(6)16-21-15(25-22-16)11-20-17(18-7)19-9-10-23(12(2)3)13(4)5/h12-14H,8-11H2,1-7H3,(H2,18,19,20). The molecule has 1 aromatic heterocycles. The fraction of sp³-hybridized carbons (Fsp3) is 0.824. The zero-order valence-electron chi connectivity index (χ0n) is 16.7. The van der Waals surface area contributed by atoms with Crippen molar-refractivity contribution < 1.29 is 9.26 Å². The number of rotatable bonds is 10. The van der Waals surface area contributed by atoms with E-state index in [0.29, 0.717) is 42.9 Å².